The third-order valence-electron chi connectivity index (χ3n) is 4.18. The van der Waals surface area contributed by atoms with E-state index in [2.05, 4.69) is 19.8 Å². The summed E-state index contributed by atoms with van der Waals surface area (Å²) in [5, 5.41) is 7.72. The van der Waals surface area contributed by atoms with Crippen LogP contribution in [0.25, 0.3) is 0 Å². The molecule has 3 rings (SSSR count). The van der Waals surface area contributed by atoms with Crippen molar-refractivity contribution in [1.29, 1.82) is 0 Å². The minimum Gasteiger partial charge on any atom is -0.314 e. The fourth-order valence-electron chi connectivity index (χ4n) is 3.13. The van der Waals surface area contributed by atoms with Gasteiger partial charge in [0.05, 0.1) is 0 Å². The lowest BCUT2D eigenvalue weighted by Crippen LogP contribution is -2.40. The summed E-state index contributed by atoms with van der Waals surface area (Å²) in [6.45, 7) is 4.40. The van der Waals surface area contributed by atoms with Crippen LogP contribution in [0.4, 0.5) is 0 Å². The van der Waals surface area contributed by atoms with Gasteiger partial charge in [0.25, 0.3) is 0 Å². The lowest BCUT2D eigenvalue weighted by molar-refractivity contribution is 0.156. The van der Waals surface area contributed by atoms with Gasteiger partial charge in [-0.3, -0.25) is 4.90 Å². The third-order valence-corrected chi connectivity index (χ3v) is 5.17. The molecule has 2 aliphatic rings. The molecule has 0 radical (unpaired) electrons. The Morgan fingerprint density at radius 1 is 1.33 bits per heavy atom. The van der Waals surface area contributed by atoms with Crippen LogP contribution < -0.4 is 5.32 Å². The molecule has 6 heteroatoms. The Kier molecular flexibility index (Phi) is 4.13. The van der Waals surface area contributed by atoms with Crippen LogP contribution in [0.15, 0.2) is 0 Å². The maximum absolute atomic E-state index is 6.05. The summed E-state index contributed by atoms with van der Waals surface area (Å²) >= 11 is 7.33. The first kappa shape index (κ1) is 12.8. The Bertz CT molecular complexity index is 383. The summed E-state index contributed by atoms with van der Waals surface area (Å²) in [6, 6.07) is 0.775. The summed E-state index contributed by atoms with van der Waals surface area (Å²) in [7, 11) is 0. The van der Waals surface area contributed by atoms with E-state index in [9.17, 15) is 0 Å². The molecule has 18 heavy (non-hydrogen) atoms. The molecule has 1 unspecified atom stereocenters. The molecule has 1 N–H and O–H groups in total. The zero-order valence-electron chi connectivity index (χ0n) is 10.4. The van der Waals surface area contributed by atoms with Crippen molar-refractivity contribution < 1.29 is 0 Å². The number of piperidine rings is 1. The Balaban J connectivity index is 1.49. The lowest BCUT2D eigenvalue weighted by atomic mass is 9.88. The Labute approximate surface area is 117 Å². The van der Waals surface area contributed by atoms with Gasteiger partial charge in [-0.25, -0.2) is 0 Å². The van der Waals surface area contributed by atoms with Crippen molar-refractivity contribution in [1.82, 2.24) is 19.8 Å². The van der Waals surface area contributed by atoms with Crippen LogP contribution in [0, 0.1) is 5.92 Å². The zero-order chi connectivity index (χ0) is 12.4. The first-order valence-corrected chi connectivity index (χ1v) is 7.90. The highest BCUT2D eigenvalue weighted by molar-refractivity contribution is 7.10. The van der Waals surface area contributed by atoms with E-state index in [0.29, 0.717) is 0 Å². The molecule has 0 spiro atoms. The number of hydrogen-bond donors (Lipinski definition) is 1. The number of rotatable bonds is 3. The summed E-state index contributed by atoms with van der Waals surface area (Å²) in [4.78, 5) is 2.45. The standard InChI is InChI=1S/C12H19ClN4S/c13-12-11(15-16-18-12)8-17-6-3-9(4-7-17)10-2-1-5-14-10/h9-10,14H,1-8H2. The molecule has 0 saturated carbocycles. The predicted octanol–water partition coefficient (Wildman–Crippen LogP) is 2.16. The van der Waals surface area contributed by atoms with Gasteiger partial charge < -0.3 is 5.32 Å². The highest BCUT2D eigenvalue weighted by atomic mass is 35.5. The van der Waals surface area contributed by atoms with E-state index in [0.717, 1.165) is 41.6 Å². The van der Waals surface area contributed by atoms with E-state index < -0.39 is 0 Å². The summed E-state index contributed by atoms with van der Waals surface area (Å²) < 4.78 is 4.63. The molecule has 100 valence electrons. The smallest absolute Gasteiger partial charge is 0.138 e. The van der Waals surface area contributed by atoms with Crippen LogP contribution in [0.2, 0.25) is 4.34 Å². The molecule has 0 aliphatic carbocycles. The molecule has 1 aromatic rings. The number of nitrogens with zero attached hydrogens (tertiary/aromatic N) is 3. The van der Waals surface area contributed by atoms with Gasteiger partial charge in [-0.1, -0.05) is 16.1 Å². The fourth-order valence-corrected chi connectivity index (χ4v) is 3.74. The average Bonchev–Trinajstić information content (AvgIpc) is 3.03. The number of likely N-dealkylation sites (tertiary alicyclic amines) is 1. The molecule has 2 aliphatic heterocycles. The maximum Gasteiger partial charge on any atom is 0.138 e. The Morgan fingerprint density at radius 3 is 2.78 bits per heavy atom. The van der Waals surface area contributed by atoms with E-state index in [-0.39, 0.29) is 0 Å². The third kappa shape index (κ3) is 2.85. The first-order valence-electron chi connectivity index (χ1n) is 6.75. The van der Waals surface area contributed by atoms with Crippen molar-refractivity contribution in [2.45, 2.75) is 38.3 Å². The molecular weight excluding hydrogens is 268 g/mol. The molecule has 2 saturated heterocycles. The van der Waals surface area contributed by atoms with Crippen molar-refractivity contribution in [2.24, 2.45) is 5.92 Å². The van der Waals surface area contributed by atoms with Gasteiger partial charge >= 0.3 is 0 Å². The molecule has 0 amide bonds. The second-order valence-corrected chi connectivity index (χ2v) is 6.67. The van der Waals surface area contributed by atoms with Crippen molar-refractivity contribution in [3.63, 3.8) is 0 Å². The van der Waals surface area contributed by atoms with E-state index >= 15 is 0 Å². The zero-order valence-corrected chi connectivity index (χ0v) is 12.0. The monoisotopic (exact) mass is 286 g/mol. The van der Waals surface area contributed by atoms with Gasteiger partial charge in [0, 0.05) is 24.1 Å². The van der Waals surface area contributed by atoms with Crippen molar-refractivity contribution >= 4 is 23.1 Å². The molecule has 0 bridgehead atoms. The van der Waals surface area contributed by atoms with Gasteiger partial charge in [0.1, 0.15) is 10.0 Å². The molecule has 1 aromatic heterocycles. The lowest BCUT2D eigenvalue weighted by Gasteiger charge is -2.34. The highest BCUT2D eigenvalue weighted by Crippen LogP contribution is 2.27. The predicted molar refractivity (Wildman–Crippen MR) is 73.9 cm³/mol. The summed E-state index contributed by atoms with van der Waals surface area (Å²) in [5.41, 5.74) is 0.944. The fraction of sp³-hybridized carbons (Fsp3) is 0.833. The maximum atomic E-state index is 6.05. The quantitative estimate of drug-likeness (QED) is 0.924. The van der Waals surface area contributed by atoms with Gasteiger partial charge in [-0.15, -0.1) is 5.10 Å². The van der Waals surface area contributed by atoms with Crippen molar-refractivity contribution in [2.75, 3.05) is 19.6 Å². The molecule has 4 nitrogen and oxygen atoms in total. The highest BCUT2D eigenvalue weighted by Gasteiger charge is 2.28. The van der Waals surface area contributed by atoms with Crippen molar-refractivity contribution in [3.05, 3.63) is 10.0 Å². The topological polar surface area (TPSA) is 41.1 Å². The van der Waals surface area contributed by atoms with E-state index in [1.165, 1.54) is 43.8 Å². The number of nitrogens with one attached hydrogen (secondary N) is 1. The molecule has 0 aromatic carbocycles. The average molecular weight is 287 g/mol. The minimum absolute atomic E-state index is 0.745. The van der Waals surface area contributed by atoms with Crippen LogP contribution in [-0.2, 0) is 6.54 Å². The largest absolute Gasteiger partial charge is 0.314 e. The molecular formula is C12H19ClN4S. The van der Waals surface area contributed by atoms with E-state index in [1.807, 2.05) is 0 Å². The van der Waals surface area contributed by atoms with Crippen LogP contribution in [0.1, 0.15) is 31.4 Å². The molecule has 3 heterocycles. The second kappa shape index (κ2) is 5.82. The van der Waals surface area contributed by atoms with Crippen LogP contribution in [0.3, 0.4) is 0 Å². The summed E-state index contributed by atoms with van der Waals surface area (Å²) in [5.74, 6) is 0.868. The Morgan fingerprint density at radius 2 is 2.17 bits per heavy atom. The van der Waals surface area contributed by atoms with Gasteiger partial charge in [0.15, 0.2) is 0 Å². The minimum atomic E-state index is 0.745. The van der Waals surface area contributed by atoms with Gasteiger partial charge in [0.2, 0.25) is 0 Å². The van der Waals surface area contributed by atoms with Crippen LogP contribution >= 0.6 is 23.1 Å². The van der Waals surface area contributed by atoms with Gasteiger partial charge in [-0.05, 0) is 51.2 Å². The first-order chi connectivity index (χ1) is 8.83. The van der Waals surface area contributed by atoms with Gasteiger partial charge in [-0.2, -0.15) is 0 Å². The number of aromatic nitrogens is 2. The second-order valence-electron chi connectivity index (χ2n) is 5.31. The molecule has 1 atom stereocenters. The summed E-state index contributed by atoms with van der Waals surface area (Å²) in [6.07, 6.45) is 5.32. The van der Waals surface area contributed by atoms with Crippen LogP contribution in [0.5, 0.6) is 0 Å². The molecule has 2 fully saturated rings. The van der Waals surface area contributed by atoms with Crippen LogP contribution in [-0.4, -0.2) is 40.2 Å². The number of hydrogen-bond acceptors (Lipinski definition) is 5. The SMILES string of the molecule is Clc1snnc1CN1CCC(C2CCCN2)CC1. The normalized spacial score (nSPS) is 26.8. The Hall–Kier alpha value is -0.230. The van der Waals surface area contributed by atoms with Crippen molar-refractivity contribution in [3.8, 4) is 0 Å². The van der Waals surface area contributed by atoms with E-state index in [1.54, 1.807) is 0 Å². The number of halogens is 1. The van der Waals surface area contributed by atoms with E-state index in [4.69, 9.17) is 11.6 Å².